The molecule has 2 heterocycles. The molecule has 2 amide bonds. The number of carbonyl (C=O) groups is 2. The normalized spacial score (nSPS) is 17.5. The predicted octanol–water partition coefficient (Wildman–Crippen LogP) is 1.87. The summed E-state index contributed by atoms with van der Waals surface area (Å²) in [6, 6.07) is 4.82. The highest BCUT2D eigenvalue weighted by Crippen LogP contribution is 2.24. The van der Waals surface area contributed by atoms with Gasteiger partial charge in [0.15, 0.2) is 0 Å². The van der Waals surface area contributed by atoms with Crippen LogP contribution in [-0.2, 0) is 9.59 Å². The van der Waals surface area contributed by atoms with Gasteiger partial charge < -0.3 is 15.4 Å². The zero-order chi connectivity index (χ0) is 22.3. The minimum atomic E-state index is -4.77. The van der Waals surface area contributed by atoms with E-state index < -0.39 is 6.36 Å². The molecule has 1 aliphatic rings. The lowest BCUT2D eigenvalue weighted by molar-refractivity contribution is -0.274. The summed E-state index contributed by atoms with van der Waals surface area (Å²) >= 11 is 0. The molecule has 0 unspecified atom stereocenters. The first-order valence-corrected chi connectivity index (χ1v) is 9.48. The fraction of sp³-hybridized carbons (Fsp3) is 0.368. The molecule has 3 rings (SSSR count). The number of likely N-dealkylation sites (tertiary alicyclic amines) is 1. The molecule has 0 saturated carbocycles. The second kappa shape index (κ2) is 10.1. The van der Waals surface area contributed by atoms with Crippen molar-refractivity contribution in [3.05, 3.63) is 43.0 Å². The molecule has 0 radical (unpaired) electrons. The Balaban J connectivity index is 1.44. The maximum absolute atomic E-state index is 12.3. The number of amides is 2. The van der Waals surface area contributed by atoms with Crippen LogP contribution < -0.4 is 15.4 Å². The van der Waals surface area contributed by atoms with Crippen molar-refractivity contribution in [1.82, 2.24) is 25.0 Å². The first-order valence-electron chi connectivity index (χ1n) is 9.48. The number of rotatable bonds is 7. The van der Waals surface area contributed by atoms with Crippen molar-refractivity contribution in [3.63, 3.8) is 0 Å². The molecule has 1 aromatic heterocycles. The van der Waals surface area contributed by atoms with Crippen molar-refractivity contribution in [1.29, 1.82) is 0 Å². The molecule has 0 aliphatic carbocycles. The second-order valence-corrected chi connectivity index (χ2v) is 6.89. The van der Waals surface area contributed by atoms with Gasteiger partial charge in [0.1, 0.15) is 18.4 Å². The van der Waals surface area contributed by atoms with Crippen LogP contribution in [0.15, 0.2) is 43.0 Å². The number of aromatic nitrogens is 3. The molecule has 2 aromatic rings. The molecule has 2 N–H and O–H groups in total. The molecule has 1 aliphatic heterocycles. The van der Waals surface area contributed by atoms with Crippen LogP contribution in [0.25, 0.3) is 6.20 Å². The quantitative estimate of drug-likeness (QED) is 0.640. The van der Waals surface area contributed by atoms with Gasteiger partial charge in [-0.3, -0.25) is 14.5 Å². The molecular weight excluding hydrogens is 417 g/mol. The van der Waals surface area contributed by atoms with Gasteiger partial charge in [-0.1, -0.05) is 0 Å². The van der Waals surface area contributed by atoms with Gasteiger partial charge in [-0.25, -0.2) is 9.67 Å². The van der Waals surface area contributed by atoms with Crippen molar-refractivity contribution in [2.45, 2.75) is 25.2 Å². The number of benzene rings is 1. The molecule has 0 spiro atoms. The molecule has 31 heavy (non-hydrogen) atoms. The van der Waals surface area contributed by atoms with Gasteiger partial charge in [0.25, 0.3) is 0 Å². The van der Waals surface area contributed by atoms with Gasteiger partial charge in [-0.2, -0.15) is 5.10 Å². The highest BCUT2D eigenvalue weighted by atomic mass is 19.4. The maximum atomic E-state index is 12.3. The highest BCUT2D eigenvalue weighted by Gasteiger charge is 2.31. The standard InChI is InChI=1S/C19H21F3N6O3/c20-19(21,22)31-16-5-3-14(4-6-16)25-18(30)11-27-8-1-2-15(10-27)26-17(29)7-9-28-13-23-12-24-28/h3-7,9,12-13,15H,1-2,8,10-11H2,(H,25,30)(H,26,29)/b9-7+/t15-/m1/s1. The number of hydrogen-bond donors (Lipinski definition) is 2. The van der Waals surface area contributed by atoms with Gasteiger partial charge in [-0.15, -0.1) is 13.2 Å². The minimum absolute atomic E-state index is 0.0992. The monoisotopic (exact) mass is 438 g/mol. The summed E-state index contributed by atoms with van der Waals surface area (Å²) < 4.78 is 41.8. The zero-order valence-corrected chi connectivity index (χ0v) is 16.4. The highest BCUT2D eigenvalue weighted by molar-refractivity contribution is 5.92. The molecule has 1 saturated heterocycles. The van der Waals surface area contributed by atoms with Crippen LogP contribution in [0.4, 0.5) is 18.9 Å². The summed E-state index contributed by atoms with van der Waals surface area (Å²) in [6.07, 6.45) is 2.50. The molecule has 166 valence electrons. The third kappa shape index (κ3) is 7.74. The lowest BCUT2D eigenvalue weighted by Gasteiger charge is -2.32. The number of anilines is 1. The average molecular weight is 438 g/mol. The minimum Gasteiger partial charge on any atom is -0.406 e. The van der Waals surface area contributed by atoms with Crippen molar-refractivity contribution in [3.8, 4) is 5.75 Å². The second-order valence-electron chi connectivity index (χ2n) is 6.89. The largest absolute Gasteiger partial charge is 0.573 e. The number of piperidine rings is 1. The lowest BCUT2D eigenvalue weighted by atomic mass is 10.1. The smallest absolute Gasteiger partial charge is 0.406 e. The Bertz CT molecular complexity index is 900. The molecule has 0 bridgehead atoms. The van der Waals surface area contributed by atoms with E-state index in [-0.39, 0.29) is 30.2 Å². The molecule has 12 heteroatoms. The van der Waals surface area contributed by atoms with Crippen molar-refractivity contribution in [2.24, 2.45) is 0 Å². The molecule has 1 fully saturated rings. The Morgan fingerprint density at radius 3 is 2.71 bits per heavy atom. The number of hydrogen-bond acceptors (Lipinski definition) is 6. The van der Waals surface area contributed by atoms with E-state index in [0.717, 1.165) is 25.0 Å². The Morgan fingerprint density at radius 1 is 1.26 bits per heavy atom. The van der Waals surface area contributed by atoms with Crippen LogP contribution in [0, 0.1) is 0 Å². The zero-order valence-electron chi connectivity index (χ0n) is 16.4. The average Bonchev–Trinajstić information content (AvgIpc) is 3.21. The molecule has 1 atom stereocenters. The fourth-order valence-corrected chi connectivity index (χ4v) is 3.15. The first-order chi connectivity index (χ1) is 14.8. The van der Waals surface area contributed by atoms with Crippen molar-refractivity contribution >= 4 is 23.7 Å². The SMILES string of the molecule is O=C(/C=C/n1cncn1)N[C@@H]1CCCN(CC(=O)Nc2ccc(OC(F)(F)F)cc2)C1. The van der Waals surface area contributed by atoms with E-state index in [1.807, 2.05) is 4.90 Å². The topological polar surface area (TPSA) is 101 Å². The third-order valence-corrected chi connectivity index (χ3v) is 4.41. The summed E-state index contributed by atoms with van der Waals surface area (Å²) in [5.41, 5.74) is 0.361. The van der Waals surface area contributed by atoms with E-state index in [0.29, 0.717) is 18.8 Å². The summed E-state index contributed by atoms with van der Waals surface area (Å²) in [5.74, 6) is -0.937. The molecule has 9 nitrogen and oxygen atoms in total. The Labute approximate surface area is 175 Å². The van der Waals surface area contributed by atoms with Crippen LogP contribution in [0.3, 0.4) is 0 Å². The number of alkyl halides is 3. The number of nitrogens with one attached hydrogen (secondary N) is 2. The number of nitrogens with zero attached hydrogens (tertiary/aromatic N) is 4. The van der Waals surface area contributed by atoms with E-state index in [2.05, 4.69) is 25.5 Å². The van der Waals surface area contributed by atoms with Crippen molar-refractivity contribution < 1.29 is 27.5 Å². The predicted molar refractivity (Wildman–Crippen MR) is 105 cm³/mol. The van der Waals surface area contributed by atoms with Gasteiger partial charge in [0, 0.05) is 30.5 Å². The van der Waals surface area contributed by atoms with E-state index in [4.69, 9.17) is 0 Å². The van der Waals surface area contributed by atoms with Crippen molar-refractivity contribution in [2.75, 3.05) is 25.0 Å². The van der Waals surface area contributed by atoms with E-state index in [1.165, 1.54) is 41.7 Å². The van der Waals surface area contributed by atoms with Gasteiger partial charge in [-0.05, 0) is 43.7 Å². The summed E-state index contributed by atoms with van der Waals surface area (Å²) in [6.45, 7) is 1.31. The Hall–Kier alpha value is -3.41. The van der Waals surface area contributed by atoms with Crippen LogP contribution in [-0.4, -0.2) is 63.5 Å². The summed E-state index contributed by atoms with van der Waals surface area (Å²) in [4.78, 5) is 30.0. The molecular formula is C19H21F3N6O3. The van der Waals surface area contributed by atoms with Gasteiger partial charge >= 0.3 is 6.36 Å². The van der Waals surface area contributed by atoms with Gasteiger partial charge in [0.05, 0.1) is 6.54 Å². The van der Waals surface area contributed by atoms with Crippen LogP contribution in [0.1, 0.15) is 12.8 Å². The number of carbonyl (C=O) groups excluding carboxylic acids is 2. The van der Waals surface area contributed by atoms with Crippen LogP contribution >= 0.6 is 0 Å². The van der Waals surface area contributed by atoms with Gasteiger partial charge in [0.2, 0.25) is 11.8 Å². The third-order valence-electron chi connectivity index (χ3n) is 4.41. The number of ether oxygens (including phenoxy) is 1. The number of halogens is 3. The summed E-state index contributed by atoms with van der Waals surface area (Å²) in [7, 11) is 0. The van der Waals surface area contributed by atoms with E-state index in [9.17, 15) is 22.8 Å². The molecule has 1 aromatic carbocycles. The summed E-state index contributed by atoms with van der Waals surface area (Å²) in [5, 5.41) is 9.40. The lowest BCUT2D eigenvalue weighted by Crippen LogP contribution is -2.49. The van der Waals surface area contributed by atoms with Crippen LogP contribution in [0.5, 0.6) is 5.75 Å². The Kier molecular flexibility index (Phi) is 7.23. The maximum Gasteiger partial charge on any atom is 0.573 e. The van der Waals surface area contributed by atoms with E-state index in [1.54, 1.807) is 0 Å². The Morgan fingerprint density at radius 2 is 2.03 bits per heavy atom. The fourth-order valence-electron chi connectivity index (χ4n) is 3.15. The van der Waals surface area contributed by atoms with E-state index >= 15 is 0 Å². The van der Waals surface area contributed by atoms with Crippen LogP contribution in [0.2, 0.25) is 0 Å². The first kappa shape index (κ1) is 22.3.